The molecule has 22 heavy (non-hydrogen) atoms. The van der Waals surface area contributed by atoms with Gasteiger partial charge in [-0.05, 0) is 12.0 Å². The van der Waals surface area contributed by atoms with Crippen LogP contribution in [0.1, 0.15) is 20.2 Å². The summed E-state index contributed by atoms with van der Waals surface area (Å²) in [6, 6.07) is 19.6. The zero-order chi connectivity index (χ0) is 15.4. The molecular formula is C18H15NO2S. The van der Waals surface area contributed by atoms with Gasteiger partial charge in [0.1, 0.15) is 4.88 Å². The molecule has 0 saturated heterocycles. The monoisotopic (exact) mass is 309 g/mol. The normalized spacial score (nSPS) is 10.5. The smallest absolute Gasteiger partial charge is 0.348 e. The molecule has 0 saturated carbocycles. The Bertz CT molecular complexity index is 766. The highest BCUT2D eigenvalue weighted by atomic mass is 32.1. The van der Waals surface area contributed by atoms with Crippen molar-refractivity contribution in [3.05, 3.63) is 76.1 Å². The van der Waals surface area contributed by atoms with Gasteiger partial charge >= 0.3 is 5.97 Å². The molecule has 0 atom stereocenters. The van der Waals surface area contributed by atoms with Crippen LogP contribution >= 0.6 is 11.3 Å². The summed E-state index contributed by atoms with van der Waals surface area (Å²) < 4.78 is 0. The van der Waals surface area contributed by atoms with Crippen molar-refractivity contribution < 1.29 is 9.90 Å². The summed E-state index contributed by atoms with van der Waals surface area (Å²) in [5.41, 5.74) is 2.65. The zero-order valence-corrected chi connectivity index (χ0v) is 12.7. The van der Waals surface area contributed by atoms with Gasteiger partial charge in [-0.15, -0.1) is 11.3 Å². The predicted octanol–water partition coefficient (Wildman–Crippen LogP) is 4.29. The first kappa shape index (κ1) is 14.5. The minimum Gasteiger partial charge on any atom is -0.477 e. The average Bonchev–Trinajstić information content (AvgIpc) is 2.99. The van der Waals surface area contributed by atoms with E-state index in [0.717, 1.165) is 23.4 Å². The number of hydrogen-bond acceptors (Lipinski definition) is 3. The van der Waals surface area contributed by atoms with Crippen molar-refractivity contribution in [3.8, 4) is 11.3 Å². The Balaban J connectivity index is 1.86. The Morgan fingerprint density at radius 2 is 1.59 bits per heavy atom. The lowest BCUT2D eigenvalue weighted by Gasteiger charge is -1.98. The van der Waals surface area contributed by atoms with Crippen LogP contribution in [0.2, 0.25) is 0 Å². The molecule has 3 nitrogen and oxygen atoms in total. The van der Waals surface area contributed by atoms with Gasteiger partial charge < -0.3 is 5.11 Å². The first-order valence-corrected chi connectivity index (χ1v) is 7.88. The fourth-order valence-corrected chi connectivity index (χ4v) is 3.23. The van der Waals surface area contributed by atoms with E-state index < -0.39 is 5.97 Å². The van der Waals surface area contributed by atoms with Crippen molar-refractivity contribution in [2.24, 2.45) is 0 Å². The van der Waals surface area contributed by atoms with E-state index in [0.29, 0.717) is 10.6 Å². The van der Waals surface area contributed by atoms with Crippen LogP contribution < -0.4 is 0 Å². The fraction of sp³-hybridized carbons (Fsp3) is 0.111. The molecule has 0 bridgehead atoms. The van der Waals surface area contributed by atoms with E-state index in [9.17, 15) is 9.90 Å². The number of carboxylic acids is 1. The van der Waals surface area contributed by atoms with Crippen LogP contribution in [0, 0.1) is 0 Å². The molecule has 4 heteroatoms. The maximum absolute atomic E-state index is 11.5. The van der Waals surface area contributed by atoms with Crippen LogP contribution in [-0.4, -0.2) is 16.1 Å². The van der Waals surface area contributed by atoms with Gasteiger partial charge in [0, 0.05) is 12.0 Å². The first-order valence-electron chi connectivity index (χ1n) is 7.06. The molecule has 1 heterocycles. The van der Waals surface area contributed by atoms with Gasteiger partial charge in [0.2, 0.25) is 0 Å². The number of aromatic nitrogens is 1. The summed E-state index contributed by atoms with van der Waals surface area (Å²) in [6.45, 7) is 0. The van der Waals surface area contributed by atoms with Gasteiger partial charge in [0.05, 0.1) is 10.7 Å². The quantitative estimate of drug-likeness (QED) is 0.764. The molecule has 3 aromatic rings. The number of carboxylic acid groups (broad SMARTS) is 1. The van der Waals surface area contributed by atoms with Crippen molar-refractivity contribution in [3.63, 3.8) is 0 Å². The molecule has 0 fully saturated rings. The molecule has 0 radical (unpaired) electrons. The number of rotatable bonds is 5. The second kappa shape index (κ2) is 6.54. The molecule has 0 amide bonds. The zero-order valence-electron chi connectivity index (χ0n) is 11.9. The van der Waals surface area contributed by atoms with Crippen LogP contribution in [0.4, 0.5) is 0 Å². The van der Waals surface area contributed by atoms with E-state index in [1.807, 2.05) is 48.5 Å². The largest absolute Gasteiger partial charge is 0.477 e. The predicted molar refractivity (Wildman–Crippen MR) is 88.4 cm³/mol. The van der Waals surface area contributed by atoms with Gasteiger partial charge in [-0.25, -0.2) is 9.78 Å². The Morgan fingerprint density at radius 3 is 2.23 bits per heavy atom. The third-order valence-electron chi connectivity index (χ3n) is 3.38. The van der Waals surface area contributed by atoms with Gasteiger partial charge in [-0.1, -0.05) is 60.7 Å². The maximum Gasteiger partial charge on any atom is 0.348 e. The maximum atomic E-state index is 11.5. The summed E-state index contributed by atoms with van der Waals surface area (Å²) in [6.07, 6.45) is 1.61. The van der Waals surface area contributed by atoms with Gasteiger partial charge in [0.25, 0.3) is 0 Å². The molecule has 110 valence electrons. The Labute approximate surface area is 132 Å². The summed E-state index contributed by atoms with van der Waals surface area (Å²) in [4.78, 5) is 16.3. The Morgan fingerprint density at radius 1 is 0.955 bits per heavy atom. The molecule has 1 aromatic heterocycles. The summed E-state index contributed by atoms with van der Waals surface area (Å²) in [7, 11) is 0. The molecular weight excluding hydrogens is 294 g/mol. The summed E-state index contributed by atoms with van der Waals surface area (Å²) >= 11 is 1.27. The van der Waals surface area contributed by atoms with Gasteiger partial charge in [-0.3, -0.25) is 0 Å². The highest BCUT2D eigenvalue weighted by molar-refractivity contribution is 7.14. The number of aromatic carboxylic acids is 1. The van der Waals surface area contributed by atoms with Crippen LogP contribution in [-0.2, 0) is 12.8 Å². The highest BCUT2D eigenvalue weighted by Gasteiger charge is 2.18. The van der Waals surface area contributed by atoms with E-state index in [1.165, 1.54) is 16.9 Å². The third-order valence-corrected chi connectivity index (χ3v) is 4.49. The lowest BCUT2D eigenvalue weighted by Crippen LogP contribution is -1.95. The van der Waals surface area contributed by atoms with Crippen molar-refractivity contribution in [2.75, 3.05) is 0 Å². The molecule has 0 aliphatic rings. The minimum atomic E-state index is -0.915. The van der Waals surface area contributed by atoms with Crippen molar-refractivity contribution in [2.45, 2.75) is 12.8 Å². The third kappa shape index (κ3) is 3.23. The van der Waals surface area contributed by atoms with Gasteiger partial charge in [-0.2, -0.15) is 0 Å². The standard InChI is InChI=1S/C18H15NO2S/c20-18(21)17-16(14-9-5-2-6-10-14)19-15(22-17)12-11-13-7-3-1-4-8-13/h1-10H,11-12H2,(H,20,21). The SMILES string of the molecule is O=C(O)c1sc(CCc2ccccc2)nc1-c1ccccc1. The van der Waals surface area contributed by atoms with Crippen molar-refractivity contribution >= 4 is 17.3 Å². The number of nitrogens with zero attached hydrogens (tertiary/aromatic N) is 1. The van der Waals surface area contributed by atoms with E-state index in [1.54, 1.807) is 0 Å². The van der Waals surface area contributed by atoms with Crippen LogP contribution in [0.3, 0.4) is 0 Å². The van der Waals surface area contributed by atoms with Crippen molar-refractivity contribution in [1.29, 1.82) is 0 Å². The topological polar surface area (TPSA) is 50.2 Å². The van der Waals surface area contributed by atoms with E-state index >= 15 is 0 Å². The number of hydrogen-bond donors (Lipinski definition) is 1. The summed E-state index contributed by atoms with van der Waals surface area (Å²) in [5, 5.41) is 10.3. The molecule has 0 aliphatic heterocycles. The number of aryl methyl sites for hydroxylation is 2. The van der Waals surface area contributed by atoms with Crippen LogP contribution in [0.5, 0.6) is 0 Å². The van der Waals surface area contributed by atoms with E-state index in [2.05, 4.69) is 17.1 Å². The second-order valence-corrected chi connectivity index (χ2v) is 6.03. The van der Waals surface area contributed by atoms with E-state index in [4.69, 9.17) is 0 Å². The molecule has 0 unspecified atom stereocenters. The molecule has 0 spiro atoms. The highest BCUT2D eigenvalue weighted by Crippen LogP contribution is 2.29. The average molecular weight is 309 g/mol. The van der Waals surface area contributed by atoms with Gasteiger partial charge in [0.15, 0.2) is 0 Å². The fourth-order valence-electron chi connectivity index (χ4n) is 2.30. The molecule has 1 N–H and O–H groups in total. The first-order chi connectivity index (χ1) is 10.7. The number of benzene rings is 2. The number of carbonyl (C=O) groups is 1. The number of thiazole rings is 1. The molecule has 3 rings (SSSR count). The van der Waals surface area contributed by atoms with Crippen molar-refractivity contribution in [1.82, 2.24) is 4.98 Å². The van der Waals surface area contributed by atoms with Crippen LogP contribution in [0.25, 0.3) is 11.3 Å². The Kier molecular flexibility index (Phi) is 4.30. The lowest BCUT2D eigenvalue weighted by molar-refractivity contribution is 0.0702. The second-order valence-electron chi connectivity index (χ2n) is 4.94. The van der Waals surface area contributed by atoms with E-state index in [-0.39, 0.29) is 0 Å². The summed E-state index contributed by atoms with van der Waals surface area (Å²) in [5.74, 6) is -0.915. The lowest BCUT2D eigenvalue weighted by atomic mass is 10.1. The minimum absolute atomic E-state index is 0.314. The van der Waals surface area contributed by atoms with Crippen LogP contribution in [0.15, 0.2) is 60.7 Å². The Hall–Kier alpha value is -2.46. The molecule has 2 aromatic carbocycles. The molecule has 0 aliphatic carbocycles.